The summed E-state index contributed by atoms with van der Waals surface area (Å²) in [6.45, 7) is 1.61. The maximum atomic E-state index is 12.2. The average molecular weight is 612 g/mol. The van der Waals surface area contributed by atoms with E-state index in [1.807, 2.05) is 0 Å². The van der Waals surface area contributed by atoms with Crippen LogP contribution in [0.25, 0.3) is 0 Å². The molecule has 0 spiro atoms. The predicted molar refractivity (Wildman–Crippen MR) is 150 cm³/mol. The molecule has 0 aliphatic carbocycles. The fraction of sp³-hybridized carbons (Fsp3) is 0.593. The number of amides is 3. The van der Waals surface area contributed by atoms with Crippen molar-refractivity contribution in [1.29, 1.82) is 0 Å². The fourth-order valence-corrected chi connectivity index (χ4v) is 3.42. The zero-order valence-corrected chi connectivity index (χ0v) is 23.9. The molecule has 43 heavy (non-hydrogen) atoms. The van der Waals surface area contributed by atoms with Crippen molar-refractivity contribution in [1.82, 2.24) is 16.0 Å². The van der Waals surface area contributed by atoms with Gasteiger partial charge in [0.1, 0.15) is 19.3 Å². The second kappa shape index (κ2) is 23.6. The molecule has 4 N–H and O–H groups in total. The SMILES string of the molecule is O=[C]COCCOCCNC(=O)COCCOCCNC(=O)CC[C@H](NC(=O)CCCc1ccc([N+](=O)[O-])cc1)C(=O)O. The Labute approximate surface area is 248 Å². The Hall–Kier alpha value is -3.99. The molecule has 16 heteroatoms. The molecule has 239 valence electrons. The van der Waals surface area contributed by atoms with Gasteiger partial charge in [-0.1, -0.05) is 12.1 Å². The lowest BCUT2D eigenvalue weighted by Gasteiger charge is -2.14. The zero-order valence-electron chi connectivity index (χ0n) is 23.9. The van der Waals surface area contributed by atoms with E-state index in [1.165, 1.54) is 12.1 Å². The smallest absolute Gasteiger partial charge is 0.326 e. The third-order valence-corrected chi connectivity index (χ3v) is 5.59. The topological polar surface area (TPSA) is 222 Å². The first-order valence-electron chi connectivity index (χ1n) is 13.7. The van der Waals surface area contributed by atoms with Crippen LogP contribution in [-0.4, -0.2) is 112 Å². The van der Waals surface area contributed by atoms with Crippen molar-refractivity contribution in [2.24, 2.45) is 0 Å². The van der Waals surface area contributed by atoms with Crippen molar-refractivity contribution in [3.63, 3.8) is 0 Å². The summed E-state index contributed by atoms with van der Waals surface area (Å²) >= 11 is 0. The summed E-state index contributed by atoms with van der Waals surface area (Å²) in [6, 6.07) is 4.75. The molecule has 1 atom stereocenters. The van der Waals surface area contributed by atoms with Crippen molar-refractivity contribution < 1.29 is 52.9 Å². The van der Waals surface area contributed by atoms with Crippen LogP contribution < -0.4 is 16.0 Å². The molecule has 16 nitrogen and oxygen atoms in total. The number of carbonyl (C=O) groups is 4. The lowest BCUT2D eigenvalue weighted by molar-refractivity contribution is -0.384. The van der Waals surface area contributed by atoms with Crippen molar-refractivity contribution >= 4 is 35.7 Å². The molecule has 0 aromatic heterocycles. The molecule has 0 aliphatic heterocycles. The van der Waals surface area contributed by atoms with E-state index in [4.69, 9.17) is 18.9 Å². The number of carbonyl (C=O) groups excluding carboxylic acids is 4. The minimum Gasteiger partial charge on any atom is -0.480 e. The van der Waals surface area contributed by atoms with E-state index >= 15 is 0 Å². The Kier molecular flexibility index (Phi) is 20.3. The highest BCUT2D eigenvalue weighted by molar-refractivity contribution is 5.84. The number of nitrogens with one attached hydrogen (secondary N) is 3. The number of benzene rings is 1. The van der Waals surface area contributed by atoms with Crippen LogP contribution in [0, 0.1) is 10.1 Å². The van der Waals surface area contributed by atoms with Crippen LogP contribution in [0.4, 0.5) is 5.69 Å². The number of nitro benzene ring substituents is 1. The van der Waals surface area contributed by atoms with Crippen LogP contribution in [0.2, 0.25) is 0 Å². The predicted octanol–water partition coefficient (Wildman–Crippen LogP) is -0.324. The molecule has 0 heterocycles. The highest BCUT2D eigenvalue weighted by atomic mass is 16.6. The largest absolute Gasteiger partial charge is 0.480 e. The average Bonchev–Trinajstić information content (AvgIpc) is 2.98. The summed E-state index contributed by atoms with van der Waals surface area (Å²) in [5, 5.41) is 27.7. The number of carboxylic acids is 1. The van der Waals surface area contributed by atoms with Crippen molar-refractivity contribution in [2.45, 2.75) is 38.1 Å². The van der Waals surface area contributed by atoms with E-state index in [0.29, 0.717) is 26.0 Å². The third kappa shape index (κ3) is 19.7. The van der Waals surface area contributed by atoms with Gasteiger partial charge in [0, 0.05) is 38.1 Å². The number of nitro groups is 1. The molecule has 1 radical (unpaired) electrons. The number of aliphatic carboxylic acids is 1. The first-order valence-corrected chi connectivity index (χ1v) is 13.7. The number of hydrogen-bond acceptors (Lipinski definition) is 11. The molecule has 0 saturated heterocycles. The zero-order chi connectivity index (χ0) is 31.7. The van der Waals surface area contributed by atoms with Gasteiger partial charge in [-0.3, -0.25) is 29.3 Å². The molecular formula is C27H39N4O12. The Morgan fingerprint density at radius 2 is 1.44 bits per heavy atom. The van der Waals surface area contributed by atoms with Gasteiger partial charge in [-0.05, 0) is 24.8 Å². The minimum atomic E-state index is -1.25. The van der Waals surface area contributed by atoms with Gasteiger partial charge in [0.2, 0.25) is 24.0 Å². The van der Waals surface area contributed by atoms with Crippen LogP contribution >= 0.6 is 0 Å². The fourth-order valence-electron chi connectivity index (χ4n) is 3.42. The van der Waals surface area contributed by atoms with E-state index in [2.05, 4.69) is 16.0 Å². The van der Waals surface area contributed by atoms with Crippen LogP contribution in [-0.2, 0) is 49.3 Å². The van der Waals surface area contributed by atoms with E-state index in [-0.39, 0.29) is 83.6 Å². The van der Waals surface area contributed by atoms with Crippen molar-refractivity contribution in [2.75, 3.05) is 65.9 Å². The van der Waals surface area contributed by atoms with Gasteiger partial charge < -0.3 is 40.0 Å². The van der Waals surface area contributed by atoms with E-state index in [9.17, 15) is 39.2 Å². The van der Waals surface area contributed by atoms with Gasteiger partial charge in [0.15, 0.2) is 0 Å². The van der Waals surface area contributed by atoms with Crippen molar-refractivity contribution in [3.05, 3.63) is 39.9 Å². The van der Waals surface area contributed by atoms with Crippen LogP contribution in [0.3, 0.4) is 0 Å². The molecule has 0 saturated carbocycles. The Balaban J connectivity index is 2.06. The summed E-state index contributed by atoms with van der Waals surface area (Å²) in [6.07, 6.45) is 2.37. The molecule has 0 aliphatic rings. The van der Waals surface area contributed by atoms with E-state index in [0.717, 1.165) is 5.56 Å². The molecule has 0 bridgehead atoms. The lowest BCUT2D eigenvalue weighted by Crippen LogP contribution is -2.41. The second-order valence-electron chi connectivity index (χ2n) is 8.95. The summed E-state index contributed by atoms with van der Waals surface area (Å²) < 4.78 is 20.6. The maximum Gasteiger partial charge on any atom is 0.326 e. The summed E-state index contributed by atoms with van der Waals surface area (Å²) in [4.78, 5) is 67.5. The molecule has 0 fully saturated rings. The Morgan fingerprint density at radius 1 is 0.837 bits per heavy atom. The second-order valence-corrected chi connectivity index (χ2v) is 8.95. The molecule has 0 unspecified atom stereocenters. The van der Waals surface area contributed by atoms with Crippen LogP contribution in [0.15, 0.2) is 24.3 Å². The summed E-state index contributed by atoms with van der Waals surface area (Å²) in [5.74, 6) is -2.43. The lowest BCUT2D eigenvalue weighted by atomic mass is 10.1. The number of non-ortho nitro benzene ring substituents is 1. The number of rotatable bonds is 26. The van der Waals surface area contributed by atoms with Gasteiger partial charge in [-0.2, -0.15) is 0 Å². The van der Waals surface area contributed by atoms with Gasteiger partial charge in [0.05, 0.1) is 44.6 Å². The number of carboxylic acid groups (broad SMARTS) is 1. The molecule has 1 aromatic rings. The normalized spacial score (nSPS) is 11.3. The standard InChI is InChI=1S/C27H39N4O12/c32-12-15-42-17-16-40-14-11-29-26(35)20-43-19-18-41-13-10-28-24(33)9-8-23(27(36)37)30-25(34)3-1-2-21-4-6-22(7-5-21)31(38)39/h4-7,23H,1-3,8-11,13-20H2,(H,28,33)(H,29,35)(H,30,34)(H,36,37)/t23-/m0/s1. The molecule has 1 aromatic carbocycles. The minimum absolute atomic E-state index is 0.0264. The number of ether oxygens (including phenoxy) is 4. The number of nitrogens with zero attached hydrogens (tertiary/aromatic N) is 1. The molecule has 1 rings (SSSR count). The quantitative estimate of drug-likeness (QED) is 0.0601. The summed E-state index contributed by atoms with van der Waals surface area (Å²) in [5.41, 5.74) is 0.791. The van der Waals surface area contributed by atoms with Crippen LogP contribution in [0.5, 0.6) is 0 Å². The van der Waals surface area contributed by atoms with Gasteiger partial charge in [-0.15, -0.1) is 0 Å². The van der Waals surface area contributed by atoms with Gasteiger partial charge in [0.25, 0.3) is 5.69 Å². The molecular weight excluding hydrogens is 572 g/mol. The third-order valence-electron chi connectivity index (χ3n) is 5.59. The van der Waals surface area contributed by atoms with E-state index in [1.54, 1.807) is 18.4 Å². The van der Waals surface area contributed by atoms with Crippen LogP contribution in [0.1, 0.15) is 31.2 Å². The van der Waals surface area contributed by atoms with E-state index < -0.39 is 28.7 Å². The van der Waals surface area contributed by atoms with Gasteiger partial charge >= 0.3 is 5.97 Å². The number of aryl methyl sites for hydroxylation is 1. The van der Waals surface area contributed by atoms with Crippen molar-refractivity contribution in [3.8, 4) is 0 Å². The monoisotopic (exact) mass is 611 g/mol. The highest BCUT2D eigenvalue weighted by Crippen LogP contribution is 2.13. The maximum absolute atomic E-state index is 12.2. The molecule has 3 amide bonds. The first-order chi connectivity index (χ1) is 20.7. The highest BCUT2D eigenvalue weighted by Gasteiger charge is 2.20. The Morgan fingerprint density at radius 3 is 2.05 bits per heavy atom. The Bertz CT molecular complexity index is 1010. The first kappa shape index (κ1) is 37.0. The summed E-state index contributed by atoms with van der Waals surface area (Å²) in [7, 11) is 0. The number of hydrogen-bond donors (Lipinski definition) is 4. The van der Waals surface area contributed by atoms with Gasteiger partial charge in [-0.25, -0.2) is 4.79 Å².